The van der Waals surface area contributed by atoms with E-state index in [0.717, 1.165) is 36.9 Å². The Morgan fingerprint density at radius 1 is 1.29 bits per heavy atom. The fourth-order valence-corrected chi connectivity index (χ4v) is 2.92. The maximum absolute atomic E-state index is 12.0. The molecule has 1 aromatic carbocycles. The molecule has 0 aliphatic carbocycles. The van der Waals surface area contributed by atoms with Gasteiger partial charge < -0.3 is 15.0 Å². The number of carbonyl (C=O) groups excluding carboxylic acids is 1. The molecule has 0 aromatic heterocycles. The summed E-state index contributed by atoms with van der Waals surface area (Å²) in [7, 11) is 0. The maximum atomic E-state index is 12.0. The van der Waals surface area contributed by atoms with Gasteiger partial charge in [-0.1, -0.05) is 27.7 Å². The number of anilines is 1. The average molecular weight is 332 g/mol. The van der Waals surface area contributed by atoms with E-state index in [-0.39, 0.29) is 11.3 Å². The van der Waals surface area contributed by atoms with Crippen molar-refractivity contribution in [3.8, 4) is 5.75 Å². The number of carbonyl (C=O) groups is 1. The van der Waals surface area contributed by atoms with Crippen LogP contribution in [-0.2, 0) is 4.79 Å². The third-order valence-electron chi connectivity index (χ3n) is 4.42. The summed E-state index contributed by atoms with van der Waals surface area (Å²) in [5, 5.41) is 2.92. The molecule has 0 bridgehead atoms. The van der Waals surface area contributed by atoms with Crippen LogP contribution in [-0.4, -0.2) is 37.0 Å². The minimum absolute atomic E-state index is 0.0203. The smallest absolute Gasteiger partial charge is 0.229 e. The molecule has 1 heterocycles. The first-order valence-corrected chi connectivity index (χ1v) is 9.11. The zero-order valence-corrected chi connectivity index (χ0v) is 15.6. The van der Waals surface area contributed by atoms with Crippen molar-refractivity contribution in [2.75, 3.05) is 31.6 Å². The molecule has 1 amide bonds. The molecule has 0 spiro atoms. The van der Waals surface area contributed by atoms with Crippen LogP contribution in [0.2, 0.25) is 0 Å². The molecular weight excluding hydrogens is 300 g/mol. The van der Waals surface area contributed by atoms with Crippen molar-refractivity contribution < 1.29 is 9.53 Å². The van der Waals surface area contributed by atoms with Crippen molar-refractivity contribution in [1.29, 1.82) is 0 Å². The van der Waals surface area contributed by atoms with Crippen molar-refractivity contribution in [2.45, 2.75) is 47.0 Å². The Bertz CT molecular complexity index is 519. The van der Waals surface area contributed by atoms with Crippen molar-refractivity contribution >= 4 is 11.6 Å². The first kappa shape index (κ1) is 18.8. The van der Waals surface area contributed by atoms with Gasteiger partial charge in [-0.2, -0.15) is 0 Å². The molecule has 1 N–H and O–H groups in total. The molecule has 1 aliphatic rings. The van der Waals surface area contributed by atoms with Crippen LogP contribution in [0.4, 0.5) is 5.69 Å². The van der Waals surface area contributed by atoms with Crippen LogP contribution >= 0.6 is 0 Å². The molecule has 0 unspecified atom stereocenters. The van der Waals surface area contributed by atoms with Gasteiger partial charge in [0, 0.05) is 24.2 Å². The zero-order chi connectivity index (χ0) is 17.6. The van der Waals surface area contributed by atoms with Gasteiger partial charge in [-0.25, -0.2) is 0 Å². The van der Waals surface area contributed by atoms with Gasteiger partial charge in [-0.05, 0) is 56.0 Å². The van der Waals surface area contributed by atoms with E-state index in [2.05, 4.69) is 17.1 Å². The molecule has 1 atom stereocenters. The number of piperidine rings is 1. The summed E-state index contributed by atoms with van der Waals surface area (Å²) < 4.78 is 5.81. The van der Waals surface area contributed by atoms with Gasteiger partial charge in [0.15, 0.2) is 0 Å². The summed E-state index contributed by atoms with van der Waals surface area (Å²) in [4.78, 5) is 14.5. The summed E-state index contributed by atoms with van der Waals surface area (Å²) in [5.74, 6) is 1.71. The molecule has 0 saturated carbocycles. The lowest BCUT2D eigenvalue weighted by molar-refractivity contribution is -0.123. The van der Waals surface area contributed by atoms with Crippen molar-refractivity contribution in [3.05, 3.63) is 24.3 Å². The number of nitrogens with zero attached hydrogens (tertiary/aromatic N) is 1. The molecule has 24 heavy (non-hydrogen) atoms. The van der Waals surface area contributed by atoms with Gasteiger partial charge in [0.05, 0.1) is 6.61 Å². The highest BCUT2D eigenvalue weighted by molar-refractivity contribution is 5.94. The number of hydrogen-bond donors (Lipinski definition) is 1. The summed E-state index contributed by atoms with van der Waals surface area (Å²) in [5.41, 5.74) is 0.422. The first-order valence-electron chi connectivity index (χ1n) is 9.11. The number of nitrogens with one attached hydrogen (secondary N) is 1. The standard InChI is InChI=1S/C20H32N2O2/c1-16-7-5-12-22(15-16)13-6-14-24-18-10-8-17(9-11-18)21-19(23)20(2,3)4/h8-11,16H,5-7,12-15H2,1-4H3,(H,21,23)/t16-/m1/s1. The second-order valence-electron chi connectivity index (χ2n) is 7.98. The van der Waals surface area contributed by atoms with Crippen LogP contribution in [0.3, 0.4) is 0 Å². The average Bonchev–Trinajstić information content (AvgIpc) is 2.52. The number of benzene rings is 1. The number of rotatable bonds is 6. The SMILES string of the molecule is C[C@@H]1CCCN(CCCOc2ccc(NC(=O)C(C)(C)C)cc2)C1. The van der Waals surface area contributed by atoms with E-state index in [4.69, 9.17) is 4.74 Å². The topological polar surface area (TPSA) is 41.6 Å². The second kappa shape index (κ2) is 8.52. The normalized spacial score (nSPS) is 19.1. The van der Waals surface area contributed by atoms with Crippen LogP contribution in [0.5, 0.6) is 5.75 Å². The summed E-state index contributed by atoms with van der Waals surface area (Å²) in [6, 6.07) is 7.62. The molecule has 1 fully saturated rings. The number of hydrogen-bond acceptors (Lipinski definition) is 3. The van der Waals surface area contributed by atoms with Gasteiger partial charge in [0.25, 0.3) is 0 Å². The fourth-order valence-electron chi connectivity index (χ4n) is 2.92. The molecule has 1 aliphatic heterocycles. The fraction of sp³-hybridized carbons (Fsp3) is 0.650. The minimum atomic E-state index is -0.388. The lowest BCUT2D eigenvalue weighted by Crippen LogP contribution is -2.35. The van der Waals surface area contributed by atoms with Crippen LogP contribution in [0.25, 0.3) is 0 Å². The predicted molar refractivity (Wildman–Crippen MR) is 99.5 cm³/mol. The second-order valence-corrected chi connectivity index (χ2v) is 7.98. The van der Waals surface area contributed by atoms with E-state index in [1.165, 1.54) is 25.9 Å². The molecule has 4 heteroatoms. The van der Waals surface area contributed by atoms with E-state index in [1.807, 2.05) is 45.0 Å². The summed E-state index contributed by atoms with van der Waals surface area (Å²) in [6.07, 6.45) is 3.74. The highest BCUT2D eigenvalue weighted by Gasteiger charge is 2.21. The largest absolute Gasteiger partial charge is 0.494 e. The van der Waals surface area contributed by atoms with Gasteiger partial charge in [-0.15, -0.1) is 0 Å². The Hall–Kier alpha value is -1.55. The molecule has 1 aromatic rings. The number of ether oxygens (including phenoxy) is 1. The molecular formula is C20H32N2O2. The summed E-state index contributed by atoms with van der Waals surface area (Å²) in [6.45, 7) is 12.4. The third kappa shape index (κ3) is 6.16. The highest BCUT2D eigenvalue weighted by Crippen LogP contribution is 2.20. The first-order chi connectivity index (χ1) is 11.3. The Morgan fingerprint density at radius 3 is 2.62 bits per heavy atom. The Balaban J connectivity index is 1.69. The molecule has 0 radical (unpaired) electrons. The predicted octanol–water partition coefficient (Wildman–Crippen LogP) is 4.17. The highest BCUT2D eigenvalue weighted by atomic mass is 16.5. The van der Waals surface area contributed by atoms with E-state index in [9.17, 15) is 4.79 Å². The van der Waals surface area contributed by atoms with Gasteiger partial charge in [0.2, 0.25) is 5.91 Å². The van der Waals surface area contributed by atoms with E-state index in [1.54, 1.807) is 0 Å². The van der Waals surface area contributed by atoms with Crippen molar-refractivity contribution in [2.24, 2.45) is 11.3 Å². The molecule has 1 saturated heterocycles. The summed E-state index contributed by atoms with van der Waals surface area (Å²) >= 11 is 0. The van der Waals surface area contributed by atoms with Crippen LogP contribution in [0.1, 0.15) is 47.0 Å². The van der Waals surface area contributed by atoms with E-state index in [0.29, 0.717) is 0 Å². The van der Waals surface area contributed by atoms with Crippen LogP contribution < -0.4 is 10.1 Å². The monoisotopic (exact) mass is 332 g/mol. The maximum Gasteiger partial charge on any atom is 0.229 e. The molecule has 4 nitrogen and oxygen atoms in total. The third-order valence-corrected chi connectivity index (χ3v) is 4.42. The number of amides is 1. The van der Waals surface area contributed by atoms with Crippen molar-refractivity contribution in [3.63, 3.8) is 0 Å². The Kier molecular flexibility index (Phi) is 6.67. The van der Waals surface area contributed by atoms with Crippen LogP contribution in [0, 0.1) is 11.3 Å². The van der Waals surface area contributed by atoms with Crippen molar-refractivity contribution in [1.82, 2.24) is 4.90 Å². The molecule has 2 rings (SSSR count). The number of likely N-dealkylation sites (tertiary alicyclic amines) is 1. The van der Waals surface area contributed by atoms with E-state index < -0.39 is 0 Å². The Morgan fingerprint density at radius 2 is 2.00 bits per heavy atom. The zero-order valence-electron chi connectivity index (χ0n) is 15.6. The minimum Gasteiger partial charge on any atom is -0.494 e. The van der Waals surface area contributed by atoms with Gasteiger partial charge in [-0.3, -0.25) is 4.79 Å². The van der Waals surface area contributed by atoms with Crippen LogP contribution in [0.15, 0.2) is 24.3 Å². The lowest BCUT2D eigenvalue weighted by Gasteiger charge is -2.30. The quantitative estimate of drug-likeness (QED) is 0.795. The lowest BCUT2D eigenvalue weighted by atomic mass is 9.95. The van der Waals surface area contributed by atoms with Gasteiger partial charge >= 0.3 is 0 Å². The molecule has 134 valence electrons. The Labute approximate surface area is 146 Å². The van der Waals surface area contributed by atoms with Gasteiger partial charge in [0.1, 0.15) is 5.75 Å². The van der Waals surface area contributed by atoms with E-state index >= 15 is 0 Å².